The summed E-state index contributed by atoms with van der Waals surface area (Å²) in [5, 5.41) is 2.80. The predicted molar refractivity (Wildman–Crippen MR) is 147 cm³/mol. The number of sulfonamides is 1. The number of anilines is 1. The van der Waals surface area contributed by atoms with Gasteiger partial charge in [0.25, 0.3) is 10.0 Å². The molecular weight excluding hydrogens is 505 g/mol. The zero-order valence-corrected chi connectivity index (χ0v) is 22.7. The van der Waals surface area contributed by atoms with Crippen molar-refractivity contribution in [1.82, 2.24) is 10.2 Å². The van der Waals surface area contributed by atoms with E-state index in [1.807, 2.05) is 26.0 Å². The monoisotopic (exact) mass is 539 g/mol. The summed E-state index contributed by atoms with van der Waals surface area (Å²) in [6.45, 7) is 5.37. The number of hydrogen-bond acceptors (Lipinski definition) is 4. The van der Waals surface area contributed by atoms with Gasteiger partial charge >= 0.3 is 0 Å². The van der Waals surface area contributed by atoms with Gasteiger partial charge in [0.15, 0.2) is 0 Å². The Hall–Kier alpha value is -3.72. The van der Waals surface area contributed by atoms with Gasteiger partial charge in [-0.25, -0.2) is 12.8 Å². The van der Waals surface area contributed by atoms with Crippen LogP contribution in [0.15, 0.2) is 83.8 Å². The average Bonchev–Trinajstić information content (AvgIpc) is 2.94. The maximum Gasteiger partial charge on any atom is 0.264 e. The van der Waals surface area contributed by atoms with Crippen molar-refractivity contribution in [3.8, 4) is 0 Å². The van der Waals surface area contributed by atoms with Crippen LogP contribution in [0.1, 0.15) is 38.3 Å². The summed E-state index contributed by atoms with van der Waals surface area (Å²) in [7, 11) is -4.12. The van der Waals surface area contributed by atoms with E-state index in [0.717, 1.165) is 16.3 Å². The molecule has 0 heterocycles. The first-order valence-electron chi connectivity index (χ1n) is 12.7. The molecule has 3 rings (SSSR count). The van der Waals surface area contributed by atoms with Crippen LogP contribution in [0.4, 0.5) is 10.1 Å². The van der Waals surface area contributed by atoms with E-state index in [4.69, 9.17) is 0 Å². The minimum Gasteiger partial charge on any atom is -0.354 e. The fourth-order valence-electron chi connectivity index (χ4n) is 4.05. The van der Waals surface area contributed by atoms with E-state index < -0.39 is 34.3 Å². The second-order valence-corrected chi connectivity index (χ2v) is 10.8. The van der Waals surface area contributed by atoms with E-state index >= 15 is 0 Å². The molecule has 7 nitrogen and oxygen atoms in total. The Kier molecular flexibility index (Phi) is 10.0. The molecule has 2 amide bonds. The Balaban J connectivity index is 2.04. The van der Waals surface area contributed by atoms with Crippen LogP contribution in [-0.4, -0.2) is 44.3 Å². The molecular formula is C29H34FN3O4S. The molecule has 0 spiro atoms. The van der Waals surface area contributed by atoms with Crippen LogP contribution in [0.2, 0.25) is 0 Å². The van der Waals surface area contributed by atoms with Crippen molar-refractivity contribution in [3.05, 3.63) is 95.8 Å². The average molecular weight is 540 g/mol. The van der Waals surface area contributed by atoms with E-state index in [1.54, 1.807) is 37.3 Å². The van der Waals surface area contributed by atoms with Gasteiger partial charge in [-0.15, -0.1) is 0 Å². The summed E-state index contributed by atoms with van der Waals surface area (Å²) in [6, 6.07) is 19.7. The Morgan fingerprint density at radius 3 is 2.18 bits per heavy atom. The molecule has 0 aliphatic rings. The van der Waals surface area contributed by atoms with E-state index in [2.05, 4.69) is 5.32 Å². The third kappa shape index (κ3) is 6.98. The van der Waals surface area contributed by atoms with Crippen LogP contribution < -0.4 is 9.62 Å². The summed E-state index contributed by atoms with van der Waals surface area (Å²) < 4.78 is 42.3. The Morgan fingerprint density at radius 1 is 0.921 bits per heavy atom. The first kappa shape index (κ1) is 28.8. The number of halogens is 1. The van der Waals surface area contributed by atoms with Gasteiger partial charge in [-0.3, -0.25) is 13.9 Å². The number of nitrogens with one attached hydrogen (secondary N) is 1. The Morgan fingerprint density at radius 2 is 1.55 bits per heavy atom. The van der Waals surface area contributed by atoms with Crippen LogP contribution in [0, 0.1) is 5.82 Å². The smallest absolute Gasteiger partial charge is 0.264 e. The highest BCUT2D eigenvalue weighted by molar-refractivity contribution is 7.92. The molecule has 0 saturated heterocycles. The number of hydrogen-bond donors (Lipinski definition) is 1. The molecule has 0 aliphatic heterocycles. The lowest BCUT2D eigenvalue weighted by molar-refractivity contribution is -0.139. The number of amides is 2. The van der Waals surface area contributed by atoms with Gasteiger partial charge in [-0.1, -0.05) is 62.4 Å². The largest absolute Gasteiger partial charge is 0.354 e. The highest BCUT2D eigenvalue weighted by atomic mass is 32.2. The fourth-order valence-corrected chi connectivity index (χ4v) is 5.52. The molecule has 0 fully saturated rings. The van der Waals surface area contributed by atoms with Crippen molar-refractivity contribution in [2.45, 2.75) is 51.1 Å². The molecule has 9 heteroatoms. The summed E-state index contributed by atoms with van der Waals surface area (Å²) in [5.74, 6) is -1.33. The van der Waals surface area contributed by atoms with E-state index in [1.165, 1.54) is 41.3 Å². The highest BCUT2D eigenvalue weighted by Gasteiger charge is 2.33. The number of rotatable bonds is 12. The number of carbonyl (C=O) groups excluding carboxylic acids is 2. The first-order valence-corrected chi connectivity index (χ1v) is 14.1. The first-order chi connectivity index (χ1) is 18.2. The molecule has 1 atom stereocenters. The molecule has 202 valence electrons. The van der Waals surface area contributed by atoms with E-state index in [0.29, 0.717) is 24.2 Å². The van der Waals surface area contributed by atoms with Gasteiger partial charge in [0.1, 0.15) is 18.4 Å². The number of nitrogens with zero attached hydrogens (tertiary/aromatic N) is 2. The van der Waals surface area contributed by atoms with Crippen LogP contribution in [-0.2, 0) is 32.6 Å². The second kappa shape index (κ2) is 13.2. The molecule has 1 N–H and O–H groups in total. The molecule has 3 aromatic carbocycles. The maximum absolute atomic E-state index is 13.9. The van der Waals surface area contributed by atoms with Crippen LogP contribution in [0.5, 0.6) is 0 Å². The maximum atomic E-state index is 13.9. The standard InChI is InChI=1S/C29H34FN3O4S/c1-4-19-31-29(35)22(3)32(20-23-15-17-25(30)18-16-23)28(34)21-33(27-14-10-9-11-24(27)5-2)38(36,37)26-12-7-6-8-13-26/h6-18,22H,4-5,19-21H2,1-3H3,(H,31,35)/t22-/m1/s1. The number of benzene rings is 3. The molecule has 0 unspecified atom stereocenters. The zero-order chi connectivity index (χ0) is 27.7. The van der Waals surface area contributed by atoms with Crippen molar-refractivity contribution >= 4 is 27.5 Å². The van der Waals surface area contributed by atoms with E-state index in [-0.39, 0.29) is 17.3 Å². The SMILES string of the molecule is CCCNC(=O)[C@@H](C)N(Cc1ccc(F)cc1)C(=O)CN(c1ccccc1CC)S(=O)(=O)c1ccccc1. The van der Waals surface area contributed by atoms with Crippen LogP contribution >= 0.6 is 0 Å². The fraction of sp³-hybridized carbons (Fsp3) is 0.310. The molecule has 0 radical (unpaired) electrons. The van der Waals surface area contributed by atoms with Gasteiger partial charge < -0.3 is 10.2 Å². The number of aryl methyl sites for hydroxylation is 1. The lowest BCUT2D eigenvalue weighted by Gasteiger charge is -2.32. The lowest BCUT2D eigenvalue weighted by atomic mass is 10.1. The van der Waals surface area contributed by atoms with Crippen LogP contribution in [0.25, 0.3) is 0 Å². The van der Waals surface area contributed by atoms with Crippen molar-refractivity contribution in [2.75, 3.05) is 17.4 Å². The summed E-state index contributed by atoms with van der Waals surface area (Å²) in [4.78, 5) is 28.1. The normalized spacial score (nSPS) is 12.0. The molecule has 0 bridgehead atoms. The van der Waals surface area contributed by atoms with Crippen molar-refractivity contribution in [1.29, 1.82) is 0 Å². The number of para-hydroxylation sites is 1. The molecule has 0 aliphatic carbocycles. The quantitative estimate of drug-likeness (QED) is 0.367. The number of carbonyl (C=O) groups is 2. The molecule has 38 heavy (non-hydrogen) atoms. The zero-order valence-electron chi connectivity index (χ0n) is 21.9. The summed E-state index contributed by atoms with van der Waals surface area (Å²) in [5.41, 5.74) is 1.77. The Bertz CT molecular complexity index is 1330. The summed E-state index contributed by atoms with van der Waals surface area (Å²) >= 11 is 0. The van der Waals surface area contributed by atoms with Crippen molar-refractivity contribution < 1.29 is 22.4 Å². The van der Waals surface area contributed by atoms with Crippen LogP contribution in [0.3, 0.4) is 0 Å². The molecule has 3 aromatic rings. The Labute approximate surface area is 224 Å². The van der Waals surface area contributed by atoms with Gasteiger partial charge in [0, 0.05) is 13.1 Å². The molecule has 0 saturated carbocycles. The predicted octanol–water partition coefficient (Wildman–Crippen LogP) is 4.53. The lowest BCUT2D eigenvalue weighted by Crippen LogP contribution is -2.51. The van der Waals surface area contributed by atoms with Gasteiger partial charge in [-0.2, -0.15) is 0 Å². The molecule has 0 aromatic heterocycles. The van der Waals surface area contributed by atoms with Crippen molar-refractivity contribution in [2.24, 2.45) is 0 Å². The van der Waals surface area contributed by atoms with Gasteiger partial charge in [0.05, 0.1) is 10.6 Å². The minimum absolute atomic E-state index is 0.00841. The second-order valence-electron chi connectivity index (χ2n) is 8.92. The topological polar surface area (TPSA) is 86.8 Å². The van der Waals surface area contributed by atoms with Crippen molar-refractivity contribution in [3.63, 3.8) is 0 Å². The van der Waals surface area contributed by atoms with E-state index in [9.17, 15) is 22.4 Å². The van der Waals surface area contributed by atoms with Gasteiger partial charge in [0.2, 0.25) is 11.8 Å². The third-order valence-electron chi connectivity index (χ3n) is 6.23. The van der Waals surface area contributed by atoms with Gasteiger partial charge in [-0.05, 0) is 61.2 Å². The highest BCUT2D eigenvalue weighted by Crippen LogP contribution is 2.28. The third-order valence-corrected chi connectivity index (χ3v) is 8.01. The summed E-state index contributed by atoms with van der Waals surface area (Å²) in [6.07, 6.45) is 1.28. The minimum atomic E-state index is -4.12.